The summed E-state index contributed by atoms with van der Waals surface area (Å²) in [5.74, 6) is 0.387. The Balaban J connectivity index is 3.14. The van der Waals surface area contributed by atoms with E-state index < -0.39 is 9.84 Å². The Bertz CT molecular complexity index is 527. The van der Waals surface area contributed by atoms with Crippen LogP contribution in [0.2, 0.25) is 0 Å². The number of allylic oxidation sites excluding steroid dienone is 3. The highest BCUT2D eigenvalue weighted by molar-refractivity contribution is 7.91. The van der Waals surface area contributed by atoms with Gasteiger partial charge in [-0.15, -0.1) is 6.58 Å². The van der Waals surface area contributed by atoms with Crippen LogP contribution in [-0.2, 0) is 9.84 Å². The van der Waals surface area contributed by atoms with Gasteiger partial charge in [0.15, 0.2) is 9.84 Å². The number of rotatable bonds is 7. The molecule has 112 valence electrons. The molecule has 1 aliphatic carbocycles. The molecular formula is C16H25NO2S. The maximum absolute atomic E-state index is 11.9. The molecule has 0 radical (unpaired) electrons. The van der Waals surface area contributed by atoms with Gasteiger partial charge in [-0.2, -0.15) is 0 Å². The van der Waals surface area contributed by atoms with E-state index in [1.165, 1.54) is 0 Å². The zero-order valence-corrected chi connectivity index (χ0v) is 13.4. The minimum absolute atomic E-state index is 0.106. The van der Waals surface area contributed by atoms with E-state index in [0.717, 1.165) is 17.6 Å². The van der Waals surface area contributed by atoms with Crippen LogP contribution in [0, 0.1) is 5.92 Å². The first-order valence-electron chi connectivity index (χ1n) is 7.07. The maximum Gasteiger partial charge on any atom is 0.154 e. The minimum Gasteiger partial charge on any atom is -0.313 e. The standard InChI is InChI=1S/C16H25NO2S/c1-5-9-13(12-20(18,19)7-3)15-10-8-11-16(17-4)14(15)6-2/h6,8-11,14,16-17H,2,5,7,12H2,1,3-4H3/b13-9-. The van der Waals surface area contributed by atoms with Gasteiger partial charge in [-0.25, -0.2) is 8.42 Å². The topological polar surface area (TPSA) is 46.2 Å². The zero-order valence-electron chi connectivity index (χ0n) is 12.6. The molecule has 0 spiro atoms. The Kier molecular flexibility index (Phi) is 6.43. The molecule has 0 aliphatic heterocycles. The lowest BCUT2D eigenvalue weighted by Crippen LogP contribution is -2.34. The third-order valence-electron chi connectivity index (χ3n) is 3.56. The molecule has 2 atom stereocenters. The molecule has 0 aromatic heterocycles. The molecule has 1 N–H and O–H groups in total. The maximum atomic E-state index is 11.9. The molecule has 0 aromatic rings. The molecule has 0 heterocycles. The molecule has 1 aliphatic rings. The van der Waals surface area contributed by atoms with Gasteiger partial charge in [-0.3, -0.25) is 0 Å². The van der Waals surface area contributed by atoms with Crippen molar-refractivity contribution in [1.29, 1.82) is 0 Å². The van der Waals surface area contributed by atoms with Crippen molar-refractivity contribution in [2.75, 3.05) is 18.6 Å². The summed E-state index contributed by atoms with van der Waals surface area (Å²) in [6.45, 7) is 7.61. The third kappa shape index (κ3) is 4.18. The molecule has 0 bridgehead atoms. The summed E-state index contributed by atoms with van der Waals surface area (Å²) in [5, 5.41) is 3.23. The number of nitrogens with one attached hydrogen (secondary N) is 1. The SMILES string of the molecule is C=CC1C(/C(=C\CC)CS(=O)(=O)CC)=CC=CC1NC. The largest absolute Gasteiger partial charge is 0.313 e. The molecule has 2 unspecified atom stereocenters. The van der Waals surface area contributed by atoms with Gasteiger partial charge in [-0.1, -0.05) is 44.2 Å². The van der Waals surface area contributed by atoms with Crippen LogP contribution < -0.4 is 5.32 Å². The van der Waals surface area contributed by atoms with Crippen LogP contribution in [-0.4, -0.2) is 33.0 Å². The molecule has 0 saturated heterocycles. The van der Waals surface area contributed by atoms with Crippen LogP contribution in [0.4, 0.5) is 0 Å². The monoisotopic (exact) mass is 295 g/mol. The van der Waals surface area contributed by atoms with Crippen LogP contribution >= 0.6 is 0 Å². The lowest BCUT2D eigenvalue weighted by atomic mass is 9.83. The first kappa shape index (κ1) is 16.9. The summed E-state index contributed by atoms with van der Waals surface area (Å²) in [4.78, 5) is 0. The molecule has 0 saturated carbocycles. The van der Waals surface area contributed by atoms with Gasteiger partial charge in [-0.05, 0) is 24.6 Å². The van der Waals surface area contributed by atoms with Crippen molar-refractivity contribution in [3.63, 3.8) is 0 Å². The lowest BCUT2D eigenvalue weighted by Gasteiger charge is -2.28. The predicted molar refractivity (Wildman–Crippen MR) is 86.5 cm³/mol. The molecule has 0 aromatic carbocycles. The van der Waals surface area contributed by atoms with Crippen LogP contribution in [0.15, 0.2) is 48.1 Å². The van der Waals surface area contributed by atoms with Gasteiger partial charge in [0.2, 0.25) is 0 Å². The normalized spacial score (nSPS) is 23.6. The Labute approximate surface area is 123 Å². The van der Waals surface area contributed by atoms with Crippen molar-refractivity contribution in [3.05, 3.63) is 48.1 Å². The van der Waals surface area contributed by atoms with E-state index in [9.17, 15) is 8.42 Å². The number of hydrogen-bond acceptors (Lipinski definition) is 3. The first-order valence-corrected chi connectivity index (χ1v) is 8.89. The van der Waals surface area contributed by atoms with E-state index in [1.54, 1.807) is 6.92 Å². The number of likely N-dealkylation sites (N-methyl/N-ethyl adjacent to an activating group) is 1. The predicted octanol–water partition coefficient (Wildman–Crippen LogP) is 2.64. The quantitative estimate of drug-likeness (QED) is 0.735. The molecular weight excluding hydrogens is 270 g/mol. The average molecular weight is 295 g/mol. The Morgan fingerprint density at radius 3 is 2.65 bits per heavy atom. The zero-order chi connectivity index (χ0) is 15.2. The summed E-state index contributed by atoms with van der Waals surface area (Å²) in [5.41, 5.74) is 1.96. The van der Waals surface area contributed by atoms with Gasteiger partial charge in [0, 0.05) is 17.7 Å². The van der Waals surface area contributed by atoms with Gasteiger partial charge >= 0.3 is 0 Å². The van der Waals surface area contributed by atoms with E-state index in [0.29, 0.717) is 0 Å². The van der Waals surface area contributed by atoms with E-state index >= 15 is 0 Å². The highest BCUT2D eigenvalue weighted by Gasteiger charge is 2.25. The molecule has 1 rings (SSSR count). The second-order valence-electron chi connectivity index (χ2n) is 4.90. The van der Waals surface area contributed by atoms with Gasteiger partial charge < -0.3 is 5.32 Å². The van der Waals surface area contributed by atoms with E-state index in [2.05, 4.69) is 18.0 Å². The van der Waals surface area contributed by atoms with E-state index in [-0.39, 0.29) is 23.5 Å². The molecule has 3 nitrogen and oxygen atoms in total. The first-order chi connectivity index (χ1) is 9.49. The second kappa shape index (κ2) is 7.60. The van der Waals surface area contributed by atoms with Crippen LogP contribution in [0.1, 0.15) is 20.3 Å². The van der Waals surface area contributed by atoms with Gasteiger partial charge in [0.25, 0.3) is 0 Å². The fraction of sp³-hybridized carbons (Fsp3) is 0.500. The molecule has 0 amide bonds. The van der Waals surface area contributed by atoms with Crippen LogP contribution in [0.25, 0.3) is 0 Å². The molecule has 20 heavy (non-hydrogen) atoms. The van der Waals surface area contributed by atoms with Crippen molar-refractivity contribution in [2.24, 2.45) is 5.92 Å². The minimum atomic E-state index is -3.03. The fourth-order valence-electron chi connectivity index (χ4n) is 2.42. The summed E-state index contributed by atoms with van der Waals surface area (Å²) in [7, 11) is -1.13. The summed E-state index contributed by atoms with van der Waals surface area (Å²) >= 11 is 0. The van der Waals surface area contributed by atoms with E-state index in [1.807, 2.05) is 38.3 Å². The average Bonchev–Trinajstić information content (AvgIpc) is 2.45. The van der Waals surface area contributed by atoms with Crippen molar-refractivity contribution >= 4 is 9.84 Å². The lowest BCUT2D eigenvalue weighted by molar-refractivity contribution is 0.560. The smallest absolute Gasteiger partial charge is 0.154 e. The summed E-state index contributed by atoms with van der Waals surface area (Å²) in [6, 6.07) is 0.164. The van der Waals surface area contributed by atoms with Crippen molar-refractivity contribution < 1.29 is 8.42 Å². The van der Waals surface area contributed by atoms with Gasteiger partial charge in [0.05, 0.1) is 5.75 Å². The summed E-state index contributed by atoms with van der Waals surface area (Å²) in [6.07, 6.45) is 10.8. The Hall–Kier alpha value is -1.13. The molecule has 0 fully saturated rings. The van der Waals surface area contributed by atoms with Crippen molar-refractivity contribution in [1.82, 2.24) is 5.32 Å². The Morgan fingerprint density at radius 2 is 2.15 bits per heavy atom. The second-order valence-corrected chi connectivity index (χ2v) is 7.25. The fourth-order valence-corrected chi connectivity index (χ4v) is 3.38. The Morgan fingerprint density at radius 1 is 1.45 bits per heavy atom. The van der Waals surface area contributed by atoms with Crippen molar-refractivity contribution in [3.8, 4) is 0 Å². The number of hydrogen-bond donors (Lipinski definition) is 1. The van der Waals surface area contributed by atoms with Crippen molar-refractivity contribution in [2.45, 2.75) is 26.3 Å². The summed E-state index contributed by atoms with van der Waals surface area (Å²) < 4.78 is 23.9. The van der Waals surface area contributed by atoms with Crippen LogP contribution in [0.5, 0.6) is 0 Å². The van der Waals surface area contributed by atoms with E-state index in [4.69, 9.17) is 0 Å². The number of sulfone groups is 1. The van der Waals surface area contributed by atoms with Crippen LogP contribution in [0.3, 0.4) is 0 Å². The highest BCUT2D eigenvalue weighted by Crippen LogP contribution is 2.29. The van der Waals surface area contributed by atoms with Gasteiger partial charge in [0.1, 0.15) is 0 Å². The highest BCUT2D eigenvalue weighted by atomic mass is 32.2. The molecule has 4 heteroatoms. The third-order valence-corrected chi connectivity index (χ3v) is 5.19.